The van der Waals surface area contributed by atoms with Crippen molar-refractivity contribution in [2.45, 2.75) is 64.4 Å². The fraction of sp³-hybridized carbons (Fsp3) is 0.407. The molecule has 0 N–H and O–H groups in total. The predicted molar refractivity (Wildman–Crippen MR) is 148 cm³/mol. The zero-order valence-corrected chi connectivity index (χ0v) is 23.7. The number of rotatable bonds is 9. The van der Waals surface area contributed by atoms with E-state index in [0.717, 1.165) is 23.5 Å². The van der Waals surface area contributed by atoms with Crippen LogP contribution >= 0.6 is 0 Å². The molecular weight excluding hydrogens is 490 g/mol. The summed E-state index contributed by atoms with van der Waals surface area (Å²) in [6.45, 7) is 13.3. The zero-order chi connectivity index (χ0) is 26.3. The summed E-state index contributed by atoms with van der Waals surface area (Å²) in [7, 11) is -5.10. The molecule has 36 heavy (non-hydrogen) atoms. The smallest absolute Gasteiger partial charge is 0.248 e. The van der Waals surface area contributed by atoms with E-state index in [1.165, 1.54) is 3.97 Å². The molecule has 0 saturated heterocycles. The van der Waals surface area contributed by atoms with Crippen LogP contribution in [-0.4, -0.2) is 47.9 Å². The molecule has 0 bridgehead atoms. The van der Waals surface area contributed by atoms with Gasteiger partial charge in [0.15, 0.2) is 6.29 Å². The van der Waals surface area contributed by atoms with Crippen molar-refractivity contribution in [1.82, 2.24) is 13.8 Å². The topological polar surface area (TPSA) is 83.2 Å². The number of hydrogen-bond acceptors (Lipinski definition) is 5. The molecule has 0 amide bonds. The van der Waals surface area contributed by atoms with E-state index in [2.05, 4.69) is 24.7 Å². The molecule has 9 heteroatoms. The molecule has 2 aromatic heterocycles. The molecule has 0 aliphatic heterocycles. The molecule has 3 aromatic rings. The van der Waals surface area contributed by atoms with Crippen LogP contribution in [0, 0.1) is 6.92 Å². The number of benzene rings is 1. The minimum Gasteiger partial charge on any atom is -0.360 e. The van der Waals surface area contributed by atoms with Gasteiger partial charge in [0, 0.05) is 43.6 Å². The number of ether oxygens (including phenoxy) is 1. The maximum Gasteiger partial charge on any atom is 0.248 e. The van der Waals surface area contributed by atoms with Gasteiger partial charge in [-0.2, -0.15) is 5.10 Å². The molecular formula is C27H35N3O4SSi. The first-order valence-electron chi connectivity index (χ1n) is 12.2. The average Bonchev–Trinajstić information content (AvgIpc) is 3.41. The Labute approximate surface area is 214 Å². The summed E-state index contributed by atoms with van der Waals surface area (Å²) in [6.07, 6.45) is 10.1. The van der Waals surface area contributed by atoms with Crippen LogP contribution in [0.15, 0.2) is 54.4 Å². The van der Waals surface area contributed by atoms with Gasteiger partial charge in [0.2, 0.25) is 10.0 Å². The van der Waals surface area contributed by atoms with Gasteiger partial charge in [0.25, 0.3) is 0 Å². The monoisotopic (exact) mass is 525 g/mol. The summed E-state index contributed by atoms with van der Waals surface area (Å²) in [5.41, 5.74) is 3.98. The molecule has 1 aromatic carbocycles. The summed E-state index contributed by atoms with van der Waals surface area (Å²) < 4.78 is 36.2. The van der Waals surface area contributed by atoms with Crippen LogP contribution in [-0.2, 0) is 21.5 Å². The highest BCUT2D eigenvalue weighted by Crippen LogP contribution is 2.39. The number of aldehydes is 1. The summed E-state index contributed by atoms with van der Waals surface area (Å²) in [5.74, 6) is 0. The van der Waals surface area contributed by atoms with E-state index in [1.807, 2.05) is 38.1 Å². The van der Waals surface area contributed by atoms with Gasteiger partial charge in [-0.3, -0.25) is 4.79 Å². The molecule has 7 nitrogen and oxygen atoms in total. The molecule has 0 saturated carbocycles. The first-order chi connectivity index (χ1) is 16.9. The van der Waals surface area contributed by atoms with Crippen molar-refractivity contribution in [3.8, 4) is 11.3 Å². The van der Waals surface area contributed by atoms with E-state index in [-0.39, 0.29) is 6.73 Å². The van der Waals surface area contributed by atoms with Crippen LogP contribution in [0.2, 0.25) is 25.7 Å². The third kappa shape index (κ3) is 4.79. The second-order valence-electron chi connectivity index (χ2n) is 11.0. The molecule has 0 radical (unpaired) electrons. The third-order valence-corrected chi connectivity index (χ3v) is 10.7. The molecule has 1 atom stereocenters. The highest BCUT2D eigenvalue weighted by molar-refractivity contribution is 7.91. The number of carbonyl (C=O) groups excluding carboxylic acids is 1. The minimum absolute atomic E-state index is 0.249. The minimum atomic E-state index is -3.87. The van der Waals surface area contributed by atoms with Crippen LogP contribution in [0.5, 0.6) is 0 Å². The lowest BCUT2D eigenvalue weighted by Gasteiger charge is -2.28. The lowest BCUT2D eigenvalue weighted by Crippen LogP contribution is -2.38. The van der Waals surface area contributed by atoms with E-state index in [0.29, 0.717) is 40.8 Å². The average molecular weight is 526 g/mol. The Morgan fingerprint density at radius 3 is 2.61 bits per heavy atom. The SMILES string of the molecule is CC1=CC(C)(S(=O)(=O)n2cc(-c3ccnn3COCC[Si](C)(C)C)c3c(C=O)ccc(C)c32)CC=C1. The molecule has 4 rings (SSSR count). The van der Waals surface area contributed by atoms with Gasteiger partial charge in [-0.1, -0.05) is 55.6 Å². The van der Waals surface area contributed by atoms with Crippen LogP contribution in [0.4, 0.5) is 0 Å². The van der Waals surface area contributed by atoms with Gasteiger partial charge in [-0.05, 0) is 44.9 Å². The van der Waals surface area contributed by atoms with E-state index < -0.39 is 22.8 Å². The summed E-state index contributed by atoms with van der Waals surface area (Å²) in [6, 6.07) is 6.41. The van der Waals surface area contributed by atoms with Crippen molar-refractivity contribution in [2.75, 3.05) is 6.61 Å². The largest absolute Gasteiger partial charge is 0.360 e. The number of carbonyl (C=O) groups is 1. The Kier molecular flexibility index (Phi) is 7.02. The van der Waals surface area contributed by atoms with Gasteiger partial charge in [-0.15, -0.1) is 0 Å². The number of aryl methyl sites for hydroxylation is 1. The first kappa shape index (κ1) is 26.3. The van der Waals surface area contributed by atoms with Crippen molar-refractivity contribution in [3.05, 3.63) is 65.5 Å². The fourth-order valence-electron chi connectivity index (χ4n) is 4.67. The van der Waals surface area contributed by atoms with Crippen molar-refractivity contribution >= 4 is 35.3 Å². The predicted octanol–water partition coefficient (Wildman–Crippen LogP) is 5.78. The lowest BCUT2D eigenvalue weighted by molar-refractivity contribution is 0.0798. The Morgan fingerprint density at radius 2 is 1.94 bits per heavy atom. The Bertz CT molecular complexity index is 1470. The zero-order valence-electron chi connectivity index (χ0n) is 21.9. The molecule has 192 valence electrons. The quantitative estimate of drug-likeness (QED) is 0.201. The van der Waals surface area contributed by atoms with Gasteiger partial charge in [0.1, 0.15) is 11.5 Å². The normalized spacial score (nSPS) is 18.6. The van der Waals surface area contributed by atoms with Gasteiger partial charge in [-0.25, -0.2) is 17.1 Å². The molecule has 1 aliphatic rings. The molecule has 0 fully saturated rings. The fourth-order valence-corrected chi connectivity index (χ4v) is 7.24. The Morgan fingerprint density at radius 1 is 1.19 bits per heavy atom. The number of nitrogens with zero attached hydrogens (tertiary/aromatic N) is 3. The van der Waals surface area contributed by atoms with Gasteiger partial charge in [0.05, 0.1) is 11.2 Å². The van der Waals surface area contributed by atoms with Gasteiger partial charge >= 0.3 is 0 Å². The molecule has 1 unspecified atom stereocenters. The second-order valence-corrected chi connectivity index (χ2v) is 18.9. The van der Waals surface area contributed by atoms with Crippen molar-refractivity contribution in [1.29, 1.82) is 0 Å². The highest BCUT2D eigenvalue weighted by atomic mass is 32.2. The summed E-state index contributed by atoms with van der Waals surface area (Å²) in [5, 5.41) is 5.04. The van der Waals surface area contributed by atoms with E-state index in [9.17, 15) is 13.2 Å². The number of aromatic nitrogens is 3. The Balaban J connectivity index is 1.86. The van der Waals surface area contributed by atoms with E-state index in [1.54, 1.807) is 36.1 Å². The van der Waals surface area contributed by atoms with Crippen LogP contribution < -0.4 is 0 Å². The Hall–Kier alpha value is -2.75. The van der Waals surface area contributed by atoms with Crippen molar-refractivity contribution in [2.24, 2.45) is 0 Å². The maximum atomic E-state index is 14.1. The molecule has 0 spiro atoms. The third-order valence-electron chi connectivity index (χ3n) is 6.76. The molecule has 1 aliphatic carbocycles. The number of fused-ring (bicyclic) bond motifs is 1. The number of allylic oxidation sites excluding steroid dienone is 3. The maximum absolute atomic E-state index is 14.1. The van der Waals surface area contributed by atoms with E-state index >= 15 is 0 Å². The van der Waals surface area contributed by atoms with Crippen LogP contribution in [0.1, 0.15) is 36.2 Å². The highest BCUT2D eigenvalue weighted by Gasteiger charge is 2.40. The van der Waals surface area contributed by atoms with Gasteiger partial charge < -0.3 is 4.74 Å². The van der Waals surface area contributed by atoms with Crippen molar-refractivity contribution < 1.29 is 17.9 Å². The summed E-state index contributed by atoms with van der Waals surface area (Å²) in [4.78, 5) is 12.1. The second kappa shape index (κ2) is 9.61. The summed E-state index contributed by atoms with van der Waals surface area (Å²) >= 11 is 0. The van der Waals surface area contributed by atoms with E-state index in [4.69, 9.17) is 4.74 Å². The first-order valence-corrected chi connectivity index (χ1v) is 17.3. The van der Waals surface area contributed by atoms with Crippen LogP contribution in [0.3, 0.4) is 0 Å². The standard InChI is InChI=1S/C27H35N3O4SSi/c1-20-8-7-12-27(3,16-20)35(32,33)30-17-23(25-22(18-31)10-9-21(2)26(25)30)24-11-13-28-29(24)19-34-14-15-36(4,5)6/h7-11,13,16-18H,12,14-15,19H2,1-6H3. The van der Waals surface area contributed by atoms with Crippen LogP contribution in [0.25, 0.3) is 22.2 Å². The van der Waals surface area contributed by atoms with Crippen molar-refractivity contribution in [3.63, 3.8) is 0 Å². The lowest BCUT2D eigenvalue weighted by atomic mass is 9.98. The molecule has 2 heterocycles. The number of hydrogen-bond donors (Lipinski definition) is 0.